The minimum Gasteiger partial charge on any atom is -0.444 e. The number of halogens is 1. The number of amides is 1. The van der Waals surface area contributed by atoms with Crippen molar-refractivity contribution in [3.63, 3.8) is 0 Å². The first-order chi connectivity index (χ1) is 10.8. The molecule has 1 rings (SSSR count). The maximum Gasteiger partial charge on any atom is 0.410 e. The van der Waals surface area contributed by atoms with E-state index in [0.29, 0.717) is 32.8 Å². The van der Waals surface area contributed by atoms with Gasteiger partial charge < -0.3 is 19.7 Å². The van der Waals surface area contributed by atoms with Crippen LogP contribution in [-0.2, 0) is 16.0 Å². The van der Waals surface area contributed by atoms with Crippen molar-refractivity contribution in [2.75, 3.05) is 33.4 Å². The molecule has 0 saturated heterocycles. The van der Waals surface area contributed by atoms with Crippen molar-refractivity contribution in [2.45, 2.75) is 32.9 Å². The summed E-state index contributed by atoms with van der Waals surface area (Å²) in [7, 11) is 1.62. The van der Waals surface area contributed by atoms with Crippen LogP contribution < -0.4 is 5.32 Å². The summed E-state index contributed by atoms with van der Waals surface area (Å²) in [6.45, 7) is 8.48. The van der Waals surface area contributed by atoms with Gasteiger partial charge in [-0.3, -0.25) is 0 Å². The topological polar surface area (TPSA) is 50.8 Å². The summed E-state index contributed by atoms with van der Waals surface area (Å²) in [5.41, 5.74) is 0.606. The number of hydrogen-bond donors (Lipinski definition) is 1. The van der Waals surface area contributed by atoms with E-state index >= 15 is 0 Å². The van der Waals surface area contributed by atoms with E-state index in [0.717, 1.165) is 10.6 Å². The van der Waals surface area contributed by atoms with Crippen LogP contribution in [0.3, 0.4) is 0 Å². The summed E-state index contributed by atoms with van der Waals surface area (Å²) in [4.78, 5) is 13.8. The van der Waals surface area contributed by atoms with Crippen LogP contribution in [0.2, 0.25) is 5.02 Å². The molecule has 0 aliphatic rings. The second kappa shape index (κ2) is 9.75. The Bertz CT molecular complexity index is 489. The third-order valence-electron chi connectivity index (χ3n) is 2.99. The molecule has 1 aromatic carbocycles. The molecule has 0 fully saturated rings. The molecule has 0 aromatic heterocycles. The average Bonchev–Trinajstić information content (AvgIpc) is 2.44. The summed E-state index contributed by atoms with van der Waals surface area (Å²) < 4.78 is 10.5. The summed E-state index contributed by atoms with van der Waals surface area (Å²) in [5.74, 6) is 0. The highest BCUT2D eigenvalue weighted by Crippen LogP contribution is 2.11. The van der Waals surface area contributed by atoms with Crippen LogP contribution in [-0.4, -0.2) is 49.9 Å². The summed E-state index contributed by atoms with van der Waals surface area (Å²) >= 11 is 5.96. The molecule has 0 radical (unpaired) electrons. The molecule has 0 aliphatic heterocycles. The van der Waals surface area contributed by atoms with Crippen molar-refractivity contribution in [3.8, 4) is 0 Å². The normalized spacial score (nSPS) is 11.3. The van der Waals surface area contributed by atoms with Gasteiger partial charge in [0.1, 0.15) is 5.60 Å². The molecular weight excluding hydrogens is 316 g/mol. The van der Waals surface area contributed by atoms with Gasteiger partial charge in [-0.25, -0.2) is 4.79 Å². The smallest absolute Gasteiger partial charge is 0.410 e. The second-order valence-corrected chi connectivity index (χ2v) is 6.70. The van der Waals surface area contributed by atoms with Gasteiger partial charge in [-0.15, -0.1) is 0 Å². The van der Waals surface area contributed by atoms with Crippen molar-refractivity contribution in [3.05, 3.63) is 34.9 Å². The van der Waals surface area contributed by atoms with Crippen LogP contribution in [0.1, 0.15) is 26.3 Å². The SMILES string of the molecule is COCCN(CCNCc1cccc(Cl)c1)C(=O)OC(C)(C)C. The Labute approximate surface area is 143 Å². The number of benzene rings is 1. The largest absolute Gasteiger partial charge is 0.444 e. The second-order valence-electron chi connectivity index (χ2n) is 6.27. The molecule has 0 bridgehead atoms. The van der Waals surface area contributed by atoms with Gasteiger partial charge in [0.25, 0.3) is 0 Å². The van der Waals surface area contributed by atoms with Crippen molar-refractivity contribution in [2.24, 2.45) is 0 Å². The fourth-order valence-electron chi connectivity index (χ4n) is 1.92. The Kier molecular flexibility index (Phi) is 8.37. The summed E-state index contributed by atoms with van der Waals surface area (Å²) in [6.07, 6.45) is -0.320. The van der Waals surface area contributed by atoms with E-state index < -0.39 is 5.60 Å². The Morgan fingerprint density at radius 2 is 2.04 bits per heavy atom. The van der Waals surface area contributed by atoms with Gasteiger partial charge in [-0.2, -0.15) is 0 Å². The number of nitrogens with zero attached hydrogens (tertiary/aromatic N) is 1. The lowest BCUT2D eigenvalue weighted by Crippen LogP contribution is -2.42. The van der Waals surface area contributed by atoms with Gasteiger partial charge >= 0.3 is 6.09 Å². The zero-order chi connectivity index (χ0) is 17.3. The lowest BCUT2D eigenvalue weighted by atomic mass is 10.2. The van der Waals surface area contributed by atoms with E-state index in [2.05, 4.69) is 5.32 Å². The molecule has 130 valence electrons. The minimum atomic E-state index is -0.503. The van der Waals surface area contributed by atoms with Crippen molar-refractivity contribution < 1.29 is 14.3 Å². The van der Waals surface area contributed by atoms with E-state index in [-0.39, 0.29) is 6.09 Å². The molecule has 0 aliphatic carbocycles. The zero-order valence-corrected chi connectivity index (χ0v) is 15.2. The lowest BCUT2D eigenvalue weighted by molar-refractivity contribution is 0.0204. The Morgan fingerprint density at radius 3 is 2.65 bits per heavy atom. The average molecular weight is 343 g/mol. The third kappa shape index (κ3) is 8.79. The van der Waals surface area contributed by atoms with Crippen LogP contribution in [0.15, 0.2) is 24.3 Å². The highest BCUT2D eigenvalue weighted by molar-refractivity contribution is 6.30. The molecule has 0 atom stereocenters. The Hall–Kier alpha value is -1.30. The lowest BCUT2D eigenvalue weighted by Gasteiger charge is -2.27. The number of methoxy groups -OCH3 is 1. The predicted octanol–water partition coefficient (Wildman–Crippen LogP) is 3.31. The number of hydrogen-bond acceptors (Lipinski definition) is 4. The van der Waals surface area contributed by atoms with Crippen LogP contribution in [0, 0.1) is 0 Å². The predicted molar refractivity (Wildman–Crippen MR) is 92.8 cm³/mol. The van der Waals surface area contributed by atoms with E-state index in [9.17, 15) is 4.79 Å². The first kappa shape index (κ1) is 19.7. The molecule has 1 aromatic rings. The van der Waals surface area contributed by atoms with Gasteiger partial charge in [0.05, 0.1) is 6.61 Å². The Morgan fingerprint density at radius 1 is 1.30 bits per heavy atom. The van der Waals surface area contributed by atoms with E-state index in [1.54, 1.807) is 12.0 Å². The molecule has 1 N–H and O–H groups in total. The molecule has 6 heteroatoms. The van der Waals surface area contributed by atoms with Crippen LogP contribution in [0.5, 0.6) is 0 Å². The summed E-state index contributed by atoms with van der Waals surface area (Å²) in [5, 5.41) is 4.03. The number of ether oxygens (including phenoxy) is 2. The first-order valence-corrected chi connectivity index (χ1v) is 8.11. The molecular formula is C17H27ClN2O3. The van der Waals surface area contributed by atoms with Crippen molar-refractivity contribution in [1.82, 2.24) is 10.2 Å². The molecule has 23 heavy (non-hydrogen) atoms. The highest BCUT2D eigenvalue weighted by Gasteiger charge is 2.21. The van der Waals surface area contributed by atoms with Crippen molar-refractivity contribution in [1.29, 1.82) is 0 Å². The zero-order valence-electron chi connectivity index (χ0n) is 14.4. The van der Waals surface area contributed by atoms with E-state index in [1.807, 2.05) is 45.0 Å². The standard InChI is InChI=1S/C17H27ClN2O3/c1-17(2,3)23-16(21)20(10-11-22-4)9-8-19-13-14-6-5-7-15(18)12-14/h5-7,12,19H,8-11,13H2,1-4H3. The molecule has 0 heterocycles. The quantitative estimate of drug-likeness (QED) is 0.736. The van der Waals surface area contributed by atoms with Gasteiger partial charge in [0.15, 0.2) is 0 Å². The van der Waals surface area contributed by atoms with Gasteiger partial charge in [0.2, 0.25) is 0 Å². The van der Waals surface area contributed by atoms with Crippen LogP contribution in [0.4, 0.5) is 4.79 Å². The number of carbonyl (C=O) groups excluding carboxylic acids is 1. The van der Waals surface area contributed by atoms with Crippen LogP contribution >= 0.6 is 11.6 Å². The molecule has 5 nitrogen and oxygen atoms in total. The first-order valence-electron chi connectivity index (χ1n) is 7.74. The van der Waals surface area contributed by atoms with Crippen molar-refractivity contribution >= 4 is 17.7 Å². The van der Waals surface area contributed by atoms with Gasteiger partial charge in [-0.05, 0) is 38.5 Å². The molecule has 0 spiro atoms. The minimum absolute atomic E-state index is 0.320. The fourth-order valence-corrected chi connectivity index (χ4v) is 2.13. The molecule has 0 saturated carbocycles. The summed E-state index contributed by atoms with van der Waals surface area (Å²) in [6, 6.07) is 7.70. The maximum absolute atomic E-state index is 12.2. The van der Waals surface area contributed by atoms with E-state index in [4.69, 9.17) is 21.1 Å². The number of carbonyl (C=O) groups is 1. The number of nitrogens with one attached hydrogen (secondary N) is 1. The molecule has 0 unspecified atom stereocenters. The van der Waals surface area contributed by atoms with Gasteiger partial charge in [0, 0.05) is 38.3 Å². The van der Waals surface area contributed by atoms with Gasteiger partial charge in [-0.1, -0.05) is 23.7 Å². The number of rotatable bonds is 8. The monoisotopic (exact) mass is 342 g/mol. The molecule has 1 amide bonds. The van der Waals surface area contributed by atoms with Crippen LogP contribution in [0.25, 0.3) is 0 Å². The third-order valence-corrected chi connectivity index (χ3v) is 3.23. The van der Waals surface area contributed by atoms with E-state index in [1.165, 1.54) is 0 Å². The maximum atomic E-state index is 12.2. The Balaban J connectivity index is 2.42. The fraction of sp³-hybridized carbons (Fsp3) is 0.588. The highest BCUT2D eigenvalue weighted by atomic mass is 35.5.